The number of amides is 1. The van der Waals surface area contributed by atoms with Crippen LogP contribution in [-0.4, -0.2) is 49.6 Å². The van der Waals surface area contributed by atoms with Crippen molar-refractivity contribution in [2.75, 3.05) is 37.6 Å². The average molecular weight is 445 g/mol. The van der Waals surface area contributed by atoms with Crippen LogP contribution in [0.1, 0.15) is 49.7 Å². The molecule has 1 amide bonds. The summed E-state index contributed by atoms with van der Waals surface area (Å²) in [6.45, 7) is 5.61. The Bertz CT molecular complexity index is 922. The maximum absolute atomic E-state index is 11.6. The van der Waals surface area contributed by atoms with Gasteiger partial charge in [0.25, 0.3) is 0 Å². The molecule has 1 saturated carbocycles. The van der Waals surface area contributed by atoms with Crippen LogP contribution in [0.2, 0.25) is 0 Å². The van der Waals surface area contributed by atoms with Crippen LogP contribution >= 0.6 is 0 Å². The molecule has 0 radical (unpaired) electrons. The number of nitriles is 1. The number of rotatable bonds is 8. The van der Waals surface area contributed by atoms with Crippen LogP contribution in [0.15, 0.2) is 54.6 Å². The summed E-state index contributed by atoms with van der Waals surface area (Å²) < 4.78 is 0. The molecular weight excluding hydrogens is 408 g/mol. The maximum atomic E-state index is 11.6. The lowest BCUT2D eigenvalue weighted by molar-refractivity contribution is -0.121. The second-order valence-corrected chi connectivity index (χ2v) is 9.57. The van der Waals surface area contributed by atoms with Crippen molar-refractivity contribution >= 4 is 11.6 Å². The SMILES string of the molecule is N#CCC(=O)NC1CCC(CCN2CCN(c3cccc(Cc4ccccc4)c3)CC2)CC1. The molecule has 5 nitrogen and oxygen atoms in total. The molecule has 1 saturated heterocycles. The third-order valence-corrected chi connectivity index (χ3v) is 7.20. The van der Waals surface area contributed by atoms with Crippen molar-refractivity contribution in [1.29, 1.82) is 5.26 Å². The average Bonchev–Trinajstić information content (AvgIpc) is 2.85. The summed E-state index contributed by atoms with van der Waals surface area (Å²) >= 11 is 0. The Morgan fingerprint density at radius 2 is 1.67 bits per heavy atom. The van der Waals surface area contributed by atoms with Crippen LogP contribution in [0, 0.1) is 17.2 Å². The van der Waals surface area contributed by atoms with E-state index in [1.54, 1.807) is 0 Å². The van der Waals surface area contributed by atoms with Crippen molar-refractivity contribution in [2.24, 2.45) is 5.92 Å². The lowest BCUT2D eigenvalue weighted by Crippen LogP contribution is -2.47. The van der Waals surface area contributed by atoms with Crippen molar-refractivity contribution in [3.8, 4) is 6.07 Å². The lowest BCUT2D eigenvalue weighted by Gasteiger charge is -2.37. The number of hydrogen-bond donors (Lipinski definition) is 1. The molecule has 33 heavy (non-hydrogen) atoms. The van der Waals surface area contributed by atoms with E-state index < -0.39 is 0 Å². The highest BCUT2D eigenvalue weighted by molar-refractivity contribution is 5.78. The van der Waals surface area contributed by atoms with Gasteiger partial charge in [-0.25, -0.2) is 0 Å². The monoisotopic (exact) mass is 444 g/mol. The quantitative estimate of drug-likeness (QED) is 0.657. The first-order chi connectivity index (χ1) is 16.2. The van der Waals surface area contributed by atoms with Gasteiger partial charge in [0.1, 0.15) is 6.42 Å². The Labute approximate surface area is 198 Å². The smallest absolute Gasteiger partial charge is 0.234 e. The Hall–Kier alpha value is -2.84. The standard InChI is InChI=1S/C28H36N4O/c29-15-13-28(33)30-26-11-9-23(10-12-26)14-16-31-17-19-32(20-18-31)27-8-4-7-25(22-27)21-24-5-2-1-3-6-24/h1-8,22-23,26H,9-14,16-21H2,(H,30,33). The highest BCUT2D eigenvalue weighted by Gasteiger charge is 2.24. The summed E-state index contributed by atoms with van der Waals surface area (Å²) in [6.07, 6.45) is 6.69. The molecule has 0 bridgehead atoms. The van der Waals surface area contributed by atoms with Gasteiger partial charge in [0.15, 0.2) is 0 Å². The van der Waals surface area contributed by atoms with Crippen LogP contribution in [-0.2, 0) is 11.2 Å². The minimum absolute atomic E-state index is 0.0246. The van der Waals surface area contributed by atoms with Crippen molar-refractivity contribution in [1.82, 2.24) is 10.2 Å². The Morgan fingerprint density at radius 3 is 2.39 bits per heavy atom. The third-order valence-electron chi connectivity index (χ3n) is 7.20. The van der Waals surface area contributed by atoms with Gasteiger partial charge in [-0.3, -0.25) is 9.69 Å². The Kier molecular flexibility index (Phi) is 8.38. The zero-order valence-corrected chi connectivity index (χ0v) is 19.6. The van der Waals surface area contributed by atoms with Crippen LogP contribution in [0.5, 0.6) is 0 Å². The van der Waals surface area contributed by atoms with Gasteiger partial charge in [-0.2, -0.15) is 5.26 Å². The zero-order valence-electron chi connectivity index (χ0n) is 19.6. The predicted molar refractivity (Wildman–Crippen MR) is 133 cm³/mol. The molecule has 0 spiro atoms. The molecule has 1 aliphatic carbocycles. The number of anilines is 1. The molecular formula is C28H36N4O. The van der Waals surface area contributed by atoms with Gasteiger partial charge in [-0.05, 0) is 74.2 Å². The topological polar surface area (TPSA) is 59.4 Å². The van der Waals surface area contributed by atoms with Gasteiger partial charge in [0, 0.05) is 37.9 Å². The molecule has 174 valence electrons. The highest BCUT2D eigenvalue weighted by atomic mass is 16.1. The lowest BCUT2D eigenvalue weighted by atomic mass is 9.84. The number of carbonyl (C=O) groups excluding carboxylic acids is 1. The van der Waals surface area contributed by atoms with Crippen LogP contribution in [0.3, 0.4) is 0 Å². The van der Waals surface area contributed by atoms with Crippen molar-refractivity contribution in [3.05, 3.63) is 65.7 Å². The van der Waals surface area contributed by atoms with E-state index in [1.807, 2.05) is 6.07 Å². The van der Waals surface area contributed by atoms with Crippen molar-refractivity contribution < 1.29 is 4.79 Å². The van der Waals surface area contributed by atoms with Crippen molar-refractivity contribution in [2.45, 2.75) is 51.0 Å². The molecule has 1 heterocycles. The van der Waals surface area contributed by atoms with Gasteiger partial charge in [-0.15, -0.1) is 0 Å². The normalized spacial score (nSPS) is 21.4. The minimum Gasteiger partial charge on any atom is -0.369 e. The third kappa shape index (κ3) is 7.07. The first-order valence-electron chi connectivity index (χ1n) is 12.5. The predicted octanol–water partition coefficient (Wildman–Crippen LogP) is 4.38. The van der Waals surface area contributed by atoms with Gasteiger partial charge in [0.2, 0.25) is 5.91 Å². The number of piperazine rings is 1. The van der Waals surface area contributed by atoms with Crippen LogP contribution < -0.4 is 10.2 Å². The maximum Gasteiger partial charge on any atom is 0.234 e. The first kappa shape index (κ1) is 23.3. The van der Waals surface area contributed by atoms with Gasteiger partial charge < -0.3 is 10.2 Å². The van der Waals surface area contributed by atoms with Gasteiger partial charge in [-0.1, -0.05) is 42.5 Å². The van der Waals surface area contributed by atoms with E-state index in [9.17, 15) is 4.79 Å². The van der Waals surface area contributed by atoms with E-state index in [0.29, 0.717) is 0 Å². The van der Waals surface area contributed by atoms with Crippen molar-refractivity contribution in [3.63, 3.8) is 0 Å². The summed E-state index contributed by atoms with van der Waals surface area (Å²) in [5.74, 6) is 0.645. The number of hydrogen-bond acceptors (Lipinski definition) is 4. The molecule has 2 fully saturated rings. The fourth-order valence-corrected chi connectivity index (χ4v) is 5.24. The molecule has 2 aromatic rings. The summed E-state index contributed by atoms with van der Waals surface area (Å²) in [5, 5.41) is 11.6. The van der Waals surface area contributed by atoms with Crippen LogP contribution in [0.4, 0.5) is 5.69 Å². The summed E-state index contributed by atoms with van der Waals surface area (Å²) in [5.41, 5.74) is 4.08. The second-order valence-electron chi connectivity index (χ2n) is 9.57. The molecule has 0 atom stereocenters. The molecule has 0 aromatic heterocycles. The zero-order chi connectivity index (χ0) is 22.9. The fraction of sp³-hybridized carbons (Fsp3) is 0.500. The summed E-state index contributed by atoms with van der Waals surface area (Å²) in [6, 6.07) is 21.9. The van der Waals surface area contributed by atoms with E-state index in [1.165, 1.54) is 42.6 Å². The first-order valence-corrected chi connectivity index (χ1v) is 12.5. The molecule has 1 aliphatic heterocycles. The van der Waals surface area contributed by atoms with Gasteiger partial charge in [0.05, 0.1) is 6.07 Å². The number of nitrogens with zero attached hydrogens (tertiary/aromatic N) is 3. The number of benzene rings is 2. The second kappa shape index (κ2) is 11.9. The van der Waals surface area contributed by atoms with E-state index in [2.05, 4.69) is 69.7 Å². The van der Waals surface area contributed by atoms with E-state index in [4.69, 9.17) is 5.26 Å². The summed E-state index contributed by atoms with van der Waals surface area (Å²) in [4.78, 5) is 16.8. The molecule has 2 aromatic carbocycles. The highest BCUT2D eigenvalue weighted by Crippen LogP contribution is 2.27. The van der Waals surface area contributed by atoms with E-state index in [-0.39, 0.29) is 18.4 Å². The number of carbonyl (C=O) groups is 1. The largest absolute Gasteiger partial charge is 0.369 e. The number of nitrogens with one attached hydrogen (secondary N) is 1. The fourth-order valence-electron chi connectivity index (χ4n) is 5.24. The van der Waals surface area contributed by atoms with E-state index >= 15 is 0 Å². The molecule has 4 rings (SSSR count). The summed E-state index contributed by atoms with van der Waals surface area (Å²) in [7, 11) is 0. The molecule has 5 heteroatoms. The van der Waals surface area contributed by atoms with E-state index in [0.717, 1.165) is 51.4 Å². The molecule has 1 N–H and O–H groups in total. The van der Waals surface area contributed by atoms with Gasteiger partial charge >= 0.3 is 0 Å². The molecule has 2 aliphatic rings. The Morgan fingerprint density at radius 1 is 0.939 bits per heavy atom. The Balaban J connectivity index is 1.17. The minimum atomic E-state index is -0.121. The van der Waals surface area contributed by atoms with Crippen LogP contribution in [0.25, 0.3) is 0 Å². The molecule has 0 unspecified atom stereocenters.